The number of sulfonamides is 1. The fraction of sp³-hybridized carbons (Fsp3) is 0.400. The van der Waals surface area contributed by atoms with Crippen LogP contribution in [-0.4, -0.2) is 170 Å². The minimum absolute atomic E-state index is 0.0368. The molecule has 0 aliphatic carbocycles. The molecule has 4 aromatic carbocycles. The number of aryl methyl sites for hydroxylation is 1. The summed E-state index contributed by atoms with van der Waals surface area (Å²) in [6, 6.07) is 19.7. The van der Waals surface area contributed by atoms with Crippen LogP contribution in [0, 0.1) is 0 Å². The number of rotatable bonds is 34. The number of nitrogens with one attached hydrogen (secondary N) is 9. The topological polar surface area (TPSA) is 438 Å². The summed E-state index contributed by atoms with van der Waals surface area (Å²) < 4.78 is 58.8. The number of nitrogens with zero attached hydrogens (tertiary/aromatic N) is 3. The number of anilines is 4. The number of aromatic nitrogens is 2. The van der Waals surface area contributed by atoms with Gasteiger partial charge in [0.25, 0.3) is 15.6 Å². The van der Waals surface area contributed by atoms with Gasteiger partial charge in [0.1, 0.15) is 24.7 Å². The highest BCUT2D eigenvalue weighted by atomic mass is 32.2. The average Bonchev–Trinajstić information content (AvgIpc) is 1.70. The highest BCUT2D eigenvalue weighted by molar-refractivity contribution is 7.92. The summed E-state index contributed by atoms with van der Waals surface area (Å²) in [5, 5.41) is 41.1. The number of likely N-dealkylation sites (tertiary alicyclic amines) is 1. The van der Waals surface area contributed by atoms with Crippen LogP contribution in [0.25, 0.3) is 22.3 Å². The van der Waals surface area contributed by atoms with E-state index >= 15 is 0 Å². The maximum atomic E-state index is 14.2. The molecule has 9 amide bonds. The van der Waals surface area contributed by atoms with Gasteiger partial charge in [-0.3, -0.25) is 33.5 Å². The number of benzene rings is 4. The minimum Gasteiger partial charge on any atom is -0.481 e. The van der Waals surface area contributed by atoms with Crippen LogP contribution in [0.5, 0.6) is 0 Å². The largest absolute Gasteiger partial charge is 0.481 e. The number of urea groups is 3. The Labute approximate surface area is 591 Å². The molecule has 1 fully saturated rings. The number of carbonyl (C=O) groups excluding carboxylic acids is 8. The second kappa shape index (κ2) is 35.0. The van der Waals surface area contributed by atoms with Crippen LogP contribution >= 0.6 is 0 Å². The van der Waals surface area contributed by atoms with E-state index in [2.05, 4.69) is 47.3 Å². The van der Waals surface area contributed by atoms with Crippen LogP contribution in [-0.2, 0) is 92.4 Å². The average molecular weight is 1440 g/mol. The minimum atomic E-state index is -4.19. The van der Waals surface area contributed by atoms with E-state index in [4.69, 9.17) is 28.7 Å². The number of cyclic esters (lactones) is 1. The molecule has 9 rings (SSSR count). The van der Waals surface area contributed by atoms with Crippen molar-refractivity contribution in [2.75, 3.05) is 79.9 Å². The zero-order chi connectivity index (χ0) is 74.0. The van der Waals surface area contributed by atoms with Gasteiger partial charge in [-0.25, -0.2) is 37.4 Å². The Kier molecular flexibility index (Phi) is 25.9. The third kappa shape index (κ3) is 19.3. The fourth-order valence-corrected chi connectivity index (χ4v) is 13.2. The number of fused-ring (bicyclic) bond motifs is 5. The maximum absolute atomic E-state index is 14.2. The number of pyridine rings is 2. The lowest BCUT2D eigenvalue weighted by atomic mass is 9.85. The number of carboxylic acids is 2. The highest BCUT2D eigenvalue weighted by Crippen LogP contribution is 2.42. The van der Waals surface area contributed by atoms with Crippen molar-refractivity contribution in [1.82, 2.24) is 41.0 Å². The summed E-state index contributed by atoms with van der Waals surface area (Å²) in [6.07, 6.45) is 0.104. The van der Waals surface area contributed by atoms with Crippen LogP contribution in [0.4, 0.5) is 37.1 Å². The number of amides is 9. The number of hydrogen-bond donors (Lipinski definition) is 11. The van der Waals surface area contributed by atoms with E-state index < -0.39 is 118 Å². The van der Waals surface area contributed by atoms with Crippen molar-refractivity contribution in [1.29, 1.82) is 0 Å². The molecule has 2 aromatic heterocycles. The quantitative estimate of drug-likeness (QED) is 0.0173. The lowest BCUT2D eigenvalue weighted by molar-refractivity contribution is -0.190. The zero-order valence-electron chi connectivity index (χ0n) is 57.1. The number of aliphatic carboxylic acids is 2. The van der Waals surface area contributed by atoms with Crippen molar-refractivity contribution in [3.63, 3.8) is 0 Å². The molecule has 548 valence electrons. The first-order valence-corrected chi connectivity index (χ1v) is 35.1. The Hall–Kier alpha value is -11.0. The van der Waals surface area contributed by atoms with Gasteiger partial charge in [-0.05, 0) is 117 Å². The van der Waals surface area contributed by atoms with Gasteiger partial charge in [0.05, 0.1) is 92.4 Å². The normalized spacial score (nSPS) is 15.9. The number of esters is 2. The second-order valence-electron chi connectivity index (χ2n) is 24.4. The number of carbonyl (C=O) groups is 10. The molecule has 3 aliphatic heterocycles. The first-order chi connectivity index (χ1) is 49.4. The van der Waals surface area contributed by atoms with E-state index in [1.54, 1.807) is 17.6 Å². The van der Waals surface area contributed by atoms with Crippen molar-refractivity contribution in [3.05, 3.63) is 141 Å². The Morgan fingerprint density at radius 1 is 0.699 bits per heavy atom. The van der Waals surface area contributed by atoms with Crippen LogP contribution in [0.1, 0.15) is 106 Å². The van der Waals surface area contributed by atoms with Crippen LogP contribution in [0.3, 0.4) is 0 Å². The molecular formula is C70H82N12O20S. The predicted molar refractivity (Wildman–Crippen MR) is 373 cm³/mol. The van der Waals surface area contributed by atoms with Crippen LogP contribution in [0.2, 0.25) is 0 Å². The second-order valence-corrected chi connectivity index (χ2v) is 26.0. The summed E-state index contributed by atoms with van der Waals surface area (Å²) in [6.45, 7) is 7.81. The summed E-state index contributed by atoms with van der Waals surface area (Å²) in [4.78, 5) is 151. The van der Waals surface area contributed by atoms with E-state index in [1.807, 2.05) is 38.1 Å². The summed E-state index contributed by atoms with van der Waals surface area (Å²) >= 11 is 0. The van der Waals surface area contributed by atoms with Crippen LogP contribution in [0.15, 0.2) is 113 Å². The monoisotopic (exact) mass is 1440 g/mol. The molecule has 6 aromatic rings. The lowest BCUT2D eigenvalue weighted by Crippen LogP contribution is -2.56. The first kappa shape index (κ1) is 76.2. The summed E-state index contributed by atoms with van der Waals surface area (Å²) in [5.41, 5.74) is 2.70. The van der Waals surface area contributed by atoms with E-state index in [1.165, 1.54) is 79.7 Å². The molecule has 33 heteroatoms. The van der Waals surface area contributed by atoms with Gasteiger partial charge in [-0.2, -0.15) is 0 Å². The molecule has 11 N–H and O–H groups in total. The van der Waals surface area contributed by atoms with Gasteiger partial charge in [-0.1, -0.05) is 57.2 Å². The van der Waals surface area contributed by atoms with E-state index in [0.29, 0.717) is 48.6 Å². The molecule has 32 nitrogen and oxygen atoms in total. The first-order valence-electron chi connectivity index (χ1n) is 33.6. The van der Waals surface area contributed by atoms with Gasteiger partial charge < -0.3 is 85.9 Å². The molecule has 0 bridgehead atoms. The molecule has 0 radical (unpaired) electrons. The van der Waals surface area contributed by atoms with E-state index in [-0.39, 0.29) is 118 Å². The van der Waals surface area contributed by atoms with Gasteiger partial charge in [0.2, 0.25) is 23.3 Å². The molecule has 3 aliphatic rings. The molecule has 0 unspecified atom stereocenters. The Bertz CT molecular complexity index is 4360. The van der Waals surface area contributed by atoms with E-state index in [0.717, 1.165) is 26.9 Å². The molecule has 0 spiro atoms. The predicted octanol–water partition coefficient (Wildman–Crippen LogP) is 5.58. The smallest absolute Gasteiger partial charge is 0.355 e. The summed E-state index contributed by atoms with van der Waals surface area (Å²) in [7, 11) is -4.19. The fourth-order valence-electron chi connectivity index (χ4n) is 12.1. The van der Waals surface area contributed by atoms with Crippen molar-refractivity contribution in [2.45, 2.75) is 127 Å². The lowest BCUT2D eigenvalue weighted by Gasteiger charge is -2.36. The third-order valence-corrected chi connectivity index (χ3v) is 18.6. The zero-order valence-corrected chi connectivity index (χ0v) is 57.9. The van der Waals surface area contributed by atoms with Gasteiger partial charge in [0.15, 0.2) is 0 Å². The van der Waals surface area contributed by atoms with Crippen molar-refractivity contribution >= 4 is 103 Å². The van der Waals surface area contributed by atoms with Gasteiger partial charge in [0, 0.05) is 65.3 Å². The molecular weight excluding hydrogens is 1360 g/mol. The Balaban J connectivity index is 0.645. The molecule has 103 heavy (non-hydrogen) atoms. The third-order valence-electron chi connectivity index (χ3n) is 17.2. The summed E-state index contributed by atoms with van der Waals surface area (Å²) in [5.74, 6) is -6.89. The molecule has 5 atom stereocenters. The highest BCUT2D eigenvalue weighted by Gasteiger charge is 2.51. The standard InChI is InChI=1S/C70H82N12O20S/c1-5-25-71-67(93)76-45-14-11-16-47(35-45)103(96,97)80-46-15-10-13-42(34-46)54(37-59(84)85)79-69(95)75-44-22-20-43(21-23-44)74-68(94)72-26-29-99-31-33-100-32-30-98-28-24-58(83)77-55(38-60(86)87)64(90)81-27-12-19-56(81)62(88)73-41(4)65(91)102-70(7-3)52-36-57-61-50(39-82(57)63(89)51(52)40-101-66(70)92)48(6-2)49-17-8-9-18-53(49)78-61/h8-11,13-18,20-23,34-36,41,54-56,80H,5-7,12,19,24-33,37-40H2,1-4H3,(H,73,88)(H,77,83)(H,84,85)(H,86,87)(H2,71,76,93)(H2,72,74,94)(H2,75,79,95)/t41-,54+,55-,56-,70-/m0/s1. The van der Waals surface area contributed by atoms with Gasteiger partial charge >= 0.3 is 42.0 Å². The number of carboxylic acid groups (broad SMARTS) is 2. The molecule has 0 saturated carbocycles. The number of para-hydroxylation sites is 1. The van der Waals surface area contributed by atoms with Crippen LogP contribution < -0.4 is 52.8 Å². The Morgan fingerprint density at radius 2 is 1.35 bits per heavy atom. The van der Waals surface area contributed by atoms with E-state index in [9.17, 15) is 71.4 Å². The van der Waals surface area contributed by atoms with Crippen molar-refractivity contribution < 1.29 is 90.3 Å². The maximum Gasteiger partial charge on any atom is 0.355 e. The molecule has 5 heterocycles. The number of hydrogen-bond acceptors (Lipinski definition) is 19. The molecule has 1 saturated heterocycles. The van der Waals surface area contributed by atoms with Crippen molar-refractivity contribution in [2.24, 2.45) is 0 Å². The van der Waals surface area contributed by atoms with Gasteiger partial charge in [-0.15, -0.1) is 0 Å². The number of ether oxygens (including phenoxy) is 5. The SMILES string of the molecule is CCCNC(=O)Nc1cccc(S(=O)(=O)Nc2cccc([C@@H](CC(=O)O)NC(=O)Nc3ccc(NC(=O)NCCOCCOCCOCCC(=O)N[C@@H](CC(=O)O)C(=O)N4CCC[C@H]4C(=O)N[C@@H](C)C(=O)O[C@]4(CC)C(=O)OCc5c4cc4n(c5=O)Cc5c-4nc4ccccc4c5CC)cc3)c2)c1. The Morgan fingerprint density at radius 3 is 2.04 bits per heavy atom. The van der Waals surface area contributed by atoms with Crippen molar-refractivity contribution in [3.8, 4) is 11.4 Å².